The van der Waals surface area contributed by atoms with E-state index in [1.807, 2.05) is 43.3 Å². The monoisotopic (exact) mass is 263 g/mol. The minimum atomic E-state index is 0.130. The molecule has 0 saturated carbocycles. The van der Waals surface area contributed by atoms with Crippen LogP contribution >= 0.6 is 11.8 Å². The largest absolute Gasteiger partial charge is 0.497 e. The Kier molecular flexibility index (Phi) is 4.33. The van der Waals surface area contributed by atoms with Gasteiger partial charge in [0.2, 0.25) is 0 Å². The highest BCUT2D eigenvalue weighted by atomic mass is 32.2. The van der Waals surface area contributed by atoms with E-state index in [1.165, 1.54) is 0 Å². The van der Waals surface area contributed by atoms with Crippen molar-refractivity contribution in [3.8, 4) is 5.75 Å². The van der Waals surface area contributed by atoms with Crippen molar-refractivity contribution in [1.82, 2.24) is 0 Å². The van der Waals surface area contributed by atoms with Crippen molar-refractivity contribution in [2.75, 3.05) is 13.7 Å². The number of ether oxygens (including phenoxy) is 1. The number of thioether (sulfide) groups is 1. The van der Waals surface area contributed by atoms with Crippen molar-refractivity contribution < 1.29 is 9.15 Å². The van der Waals surface area contributed by atoms with E-state index in [9.17, 15) is 0 Å². The first-order valence-corrected chi connectivity index (χ1v) is 6.68. The van der Waals surface area contributed by atoms with Crippen molar-refractivity contribution in [2.24, 2.45) is 5.73 Å². The minimum absolute atomic E-state index is 0.130. The Bertz CT molecular complexity index is 510. The summed E-state index contributed by atoms with van der Waals surface area (Å²) in [5.74, 6) is 2.68. The zero-order chi connectivity index (χ0) is 13.0. The van der Waals surface area contributed by atoms with Crippen LogP contribution < -0.4 is 10.5 Å². The van der Waals surface area contributed by atoms with Gasteiger partial charge in [-0.25, -0.2) is 0 Å². The Morgan fingerprint density at radius 1 is 1.33 bits per heavy atom. The van der Waals surface area contributed by atoms with Gasteiger partial charge in [0.1, 0.15) is 17.3 Å². The predicted molar refractivity (Wildman–Crippen MR) is 74.1 cm³/mol. The molecule has 3 nitrogen and oxygen atoms in total. The van der Waals surface area contributed by atoms with Crippen LogP contribution in [0.5, 0.6) is 5.75 Å². The fourth-order valence-corrected chi connectivity index (χ4v) is 2.70. The lowest BCUT2D eigenvalue weighted by Crippen LogP contribution is -2.08. The zero-order valence-electron chi connectivity index (χ0n) is 10.6. The quantitative estimate of drug-likeness (QED) is 0.840. The fraction of sp³-hybridized carbons (Fsp3) is 0.286. The molecule has 0 aliphatic rings. The molecule has 0 amide bonds. The number of furan rings is 1. The Morgan fingerprint density at radius 2 is 2.17 bits per heavy atom. The van der Waals surface area contributed by atoms with Crippen LogP contribution in [0.15, 0.2) is 45.7 Å². The number of benzene rings is 1. The van der Waals surface area contributed by atoms with E-state index < -0.39 is 0 Å². The standard InChI is InChI=1S/C14H17NO2S/c1-10-6-7-13(17-10)14(9-15)18-12-5-3-4-11(8-12)16-2/h3-8,14H,9,15H2,1-2H3. The summed E-state index contributed by atoms with van der Waals surface area (Å²) in [4.78, 5) is 1.12. The van der Waals surface area contributed by atoms with E-state index >= 15 is 0 Å². The summed E-state index contributed by atoms with van der Waals surface area (Å²) in [5.41, 5.74) is 5.82. The third-order valence-corrected chi connectivity index (χ3v) is 3.85. The summed E-state index contributed by atoms with van der Waals surface area (Å²) in [6.45, 7) is 2.47. The van der Waals surface area contributed by atoms with E-state index in [4.69, 9.17) is 14.9 Å². The van der Waals surface area contributed by atoms with Gasteiger partial charge in [-0.05, 0) is 37.3 Å². The fourth-order valence-electron chi connectivity index (χ4n) is 1.69. The van der Waals surface area contributed by atoms with Gasteiger partial charge in [0, 0.05) is 11.4 Å². The molecule has 96 valence electrons. The maximum absolute atomic E-state index is 5.82. The van der Waals surface area contributed by atoms with Crippen molar-refractivity contribution in [1.29, 1.82) is 0 Å². The molecular weight excluding hydrogens is 246 g/mol. The first kappa shape index (κ1) is 13.1. The van der Waals surface area contributed by atoms with Gasteiger partial charge in [-0.2, -0.15) is 0 Å². The lowest BCUT2D eigenvalue weighted by Gasteiger charge is -2.12. The molecule has 2 rings (SSSR count). The average molecular weight is 263 g/mol. The van der Waals surface area contributed by atoms with Crippen LogP contribution in [-0.4, -0.2) is 13.7 Å². The van der Waals surface area contributed by atoms with E-state index in [0.717, 1.165) is 22.2 Å². The average Bonchev–Trinajstić information content (AvgIpc) is 2.82. The van der Waals surface area contributed by atoms with E-state index in [2.05, 4.69) is 0 Å². The van der Waals surface area contributed by atoms with Crippen LogP contribution in [0.4, 0.5) is 0 Å². The first-order valence-electron chi connectivity index (χ1n) is 5.80. The second-order valence-corrected chi connectivity index (χ2v) is 5.25. The summed E-state index contributed by atoms with van der Waals surface area (Å²) >= 11 is 1.69. The highest BCUT2D eigenvalue weighted by Gasteiger charge is 2.15. The molecule has 18 heavy (non-hydrogen) atoms. The van der Waals surface area contributed by atoms with Gasteiger partial charge in [0.05, 0.1) is 12.4 Å². The van der Waals surface area contributed by atoms with Crippen molar-refractivity contribution in [2.45, 2.75) is 17.1 Å². The van der Waals surface area contributed by atoms with Gasteiger partial charge in [-0.15, -0.1) is 11.8 Å². The lowest BCUT2D eigenvalue weighted by molar-refractivity contribution is 0.413. The minimum Gasteiger partial charge on any atom is -0.497 e. The van der Waals surface area contributed by atoms with Gasteiger partial charge in [0.15, 0.2) is 0 Å². The Balaban J connectivity index is 2.14. The van der Waals surface area contributed by atoms with E-state index in [1.54, 1.807) is 18.9 Å². The van der Waals surface area contributed by atoms with Crippen LogP contribution in [0.3, 0.4) is 0 Å². The summed E-state index contributed by atoms with van der Waals surface area (Å²) in [6.07, 6.45) is 0. The van der Waals surface area contributed by atoms with Crippen LogP contribution in [0.2, 0.25) is 0 Å². The predicted octanol–water partition coefficient (Wildman–Crippen LogP) is 3.39. The molecule has 1 atom stereocenters. The molecule has 0 spiro atoms. The van der Waals surface area contributed by atoms with Crippen LogP contribution in [0.25, 0.3) is 0 Å². The van der Waals surface area contributed by atoms with Gasteiger partial charge in [-0.1, -0.05) is 6.07 Å². The van der Waals surface area contributed by atoms with Crippen molar-refractivity contribution in [3.05, 3.63) is 47.9 Å². The third kappa shape index (κ3) is 3.09. The molecule has 2 N–H and O–H groups in total. The lowest BCUT2D eigenvalue weighted by atomic mass is 10.3. The van der Waals surface area contributed by atoms with Crippen LogP contribution in [0.1, 0.15) is 16.8 Å². The molecule has 4 heteroatoms. The summed E-state index contributed by atoms with van der Waals surface area (Å²) in [5, 5.41) is 0.130. The zero-order valence-corrected chi connectivity index (χ0v) is 11.4. The molecule has 2 aromatic rings. The number of hydrogen-bond acceptors (Lipinski definition) is 4. The molecule has 0 aliphatic heterocycles. The molecule has 0 aliphatic carbocycles. The normalized spacial score (nSPS) is 12.4. The highest BCUT2D eigenvalue weighted by Crippen LogP contribution is 2.36. The number of rotatable bonds is 5. The Labute approximate surface area is 111 Å². The summed E-state index contributed by atoms with van der Waals surface area (Å²) < 4.78 is 10.8. The van der Waals surface area contributed by atoms with Gasteiger partial charge in [-0.3, -0.25) is 0 Å². The van der Waals surface area contributed by atoms with Gasteiger partial charge in [0.25, 0.3) is 0 Å². The molecule has 0 bridgehead atoms. The van der Waals surface area contributed by atoms with Gasteiger partial charge >= 0.3 is 0 Å². The number of aryl methyl sites for hydroxylation is 1. The molecule has 1 aromatic heterocycles. The molecule has 0 fully saturated rings. The summed E-state index contributed by atoms with van der Waals surface area (Å²) in [6, 6.07) is 11.9. The van der Waals surface area contributed by atoms with Crippen LogP contribution in [0, 0.1) is 6.92 Å². The highest BCUT2D eigenvalue weighted by molar-refractivity contribution is 7.99. The number of hydrogen-bond donors (Lipinski definition) is 1. The van der Waals surface area contributed by atoms with Gasteiger partial charge < -0.3 is 14.9 Å². The molecule has 1 unspecified atom stereocenters. The van der Waals surface area contributed by atoms with E-state index in [0.29, 0.717) is 6.54 Å². The number of nitrogens with two attached hydrogens (primary N) is 1. The Morgan fingerprint density at radius 3 is 2.78 bits per heavy atom. The molecule has 0 saturated heterocycles. The third-order valence-electron chi connectivity index (χ3n) is 2.61. The van der Waals surface area contributed by atoms with Crippen LogP contribution in [-0.2, 0) is 0 Å². The second kappa shape index (κ2) is 5.98. The number of methoxy groups -OCH3 is 1. The molecule has 1 aromatic carbocycles. The maximum atomic E-state index is 5.82. The Hall–Kier alpha value is -1.39. The first-order chi connectivity index (χ1) is 8.72. The molecule has 1 heterocycles. The molecule has 0 radical (unpaired) electrons. The second-order valence-electron chi connectivity index (χ2n) is 3.97. The van der Waals surface area contributed by atoms with Crippen molar-refractivity contribution >= 4 is 11.8 Å². The SMILES string of the molecule is COc1cccc(SC(CN)c2ccc(C)o2)c1. The summed E-state index contributed by atoms with van der Waals surface area (Å²) in [7, 11) is 1.67. The maximum Gasteiger partial charge on any atom is 0.119 e. The molecular formula is C14H17NO2S. The van der Waals surface area contributed by atoms with E-state index in [-0.39, 0.29) is 5.25 Å². The smallest absolute Gasteiger partial charge is 0.119 e. The van der Waals surface area contributed by atoms with Crippen molar-refractivity contribution in [3.63, 3.8) is 0 Å². The topological polar surface area (TPSA) is 48.4 Å².